The van der Waals surface area contributed by atoms with Gasteiger partial charge in [0.15, 0.2) is 6.29 Å². The van der Waals surface area contributed by atoms with Crippen molar-refractivity contribution >= 4 is 11.8 Å². The maximum atomic E-state index is 13.1. The zero-order valence-corrected chi connectivity index (χ0v) is 30.1. The van der Waals surface area contributed by atoms with E-state index in [1.165, 1.54) is 5.56 Å². The summed E-state index contributed by atoms with van der Waals surface area (Å²) in [7, 11) is 2.10. The smallest absolute Gasteiger partial charge is 0.392 e. The van der Waals surface area contributed by atoms with Crippen LogP contribution in [0.5, 0.6) is 0 Å². The molecule has 2 amide bonds. The van der Waals surface area contributed by atoms with Crippen molar-refractivity contribution in [2.45, 2.75) is 76.6 Å². The molecule has 8 nitrogen and oxygen atoms in total. The van der Waals surface area contributed by atoms with Crippen molar-refractivity contribution in [2.75, 3.05) is 20.1 Å². The van der Waals surface area contributed by atoms with Gasteiger partial charge < -0.3 is 24.8 Å². The summed E-state index contributed by atoms with van der Waals surface area (Å²) in [5.41, 5.74) is 6.39. The topological polar surface area (TPSA) is 91.3 Å². The number of rotatable bonds is 11. The first-order valence-corrected chi connectivity index (χ1v) is 18.0. The fourth-order valence-electron chi connectivity index (χ4n) is 7.28. The molecule has 2 aliphatic rings. The van der Waals surface area contributed by atoms with Crippen LogP contribution in [0.25, 0.3) is 11.1 Å². The fourth-order valence-corrected chi connectivity index (χ4v) is 7.28. The van der Waals surface area contributed by atoms with Crippen LogP contribution in [0, 0.1) is 5.92 Å². The average molecular weight is 730 g/mol. The SMILES string of the molecule is C[C@@H]1[C@H](CN(C)[C@@H](C)c2ccccc2)O[C@H](c2ccc(-c3ccccc3CNC(=O)[C@@H]3CCCN3C(=O)C(F)(F)F)cc2)O[C@@H]1c1ccc(CO)cc1. The van der Waals surface area contributed by atoms with Crippen LogP contribution >= 0.6 is 0 Å². The molecular formula is C42H46F3N3O5. The quantitative estimate of drug-likeness (QED) is 0.166. The molecule has 4 aromatic carbocycles. The fraction of sp³-hybridized carbons (Fsp3) is 0.381. The van der Waals surface area contributed by atoms with E-state index in [0.29, 0.717) is 17.9 Å². The Bertz CT molecular complexity index is 1840. The summed E-state index contributed by atoms with van der Waals surface area (Å²) in [5.74, 6) is -2.58. The number of nitrogens with zero attached hydrogens (tertiary/aromatic N) is 2. The van der Waals surface area contributed by atoms with Gasteiger partial charge >= 0.3 is 12.1 Å². The monoisotopic (exact) mass is 729 g/mol. The van der Waals surface area contributed by atoms with Crippen molar-refractivity contribution in [3.05, 3.63) is 131 Å². The zero-order valence-electron chi connectivity index (χ0n) is 30.1. The lowest BCUT2D eigenvalue weighted by Crippen LogP contribution is -2.50. The van der Waals surface area contributed by atoms with E-state index >= 15 is 0 Å². The number of benzene rings is 4. The molecule has 4 aromatic rings. The minimum absolute atomic E-state index is 0.0147. The van der Waals surface area contributed by atoms with Gasteiger partial charge in [-0.25, -0.2) is 0 Å². The Kier molecular flexibility index (Phi) is 12.0. The van der Waals surface area contributed by atoms with Crippen LogP contribution in [0.15, 0.2) is 103 Å². The molecule has 11 heteroatoms. The van der Waals surface area contributed by atoms with Crippen molar-refractivity contribution in [3.63, 3.8) is 0 Å². The molecule has 0 radical (unpaired) electrons. The van der Waals surface area contributed by atoms with E-state index in [0.717, 1.165) is 33.4 Å². The molecule has 6 atom stereocenters. The summed E-state index contributed by atoms with van der Waals surface area (Å²) in [6.07, 6.45) is -5.61. The molecule has 0 bridgehead atoms. The number of amides is 2. The molecule has 0 aromatic heterocycles. The lowest BCUT2D eigenvalue weighted by Gasteiger charge is -2.43. The summed E-state index contributed by atoms with van der Waals surface area (Å²) < 4.78 is 52.8. The first-order valence-electron chi connectivity index (χ1n) is 18.0. The van der Waals surface area contributed by atoms with Crippen molar-refractivity contribution in [2.24, 2.45) is 5.92 Å². The van der Waals surface area contributed by atoms with Crippen LogP contribution < -0.4 is 5.32 Å². The number of hydrogen-bond acceptors (Lipinski definition) is 6. The number of aliphatic hydroxyl groups is 1. The predicted octanol–water partition coefficient (Wildman–Crippen LogP) is 7.50. The number of hydrogen-bond donors (Lipinski definition) is 2. The van der Waals surface area contributed by atoms with Gasteiger partial charge in [-0.1, -0.05) is 110 Å². The highest BCUT2D eigenvalue weighted by Gasteiger charge is 2.47. The number of carbonyl (C=O) groups excluding carboxylic acids is 2. The molecule has 2 N–H and O–H groups in total. The minimum Gasteiger partial charge on any atom is -0.392 e. The van der Waals surface area contributed by atoms with Crippen LogP contribution in [0.4, 0.5) is 13.2 Å². The second-order valence-electron chi connectivity index (χ2n) is 14.0. The second-order valence-corrected chi connectivity index (χ2v) is 14.0. The highest BCUT2D eigenvalue weighted by Crippen LogP contribution is 2.42. The van der Waals surface area contributed by atoms with Gasteiger partial charge in [-0.3, -0.25) is 14.5 Å². The summed E-state index contributed by atoms with van der Waals surface area (Å²) in [6, 6.07) is 32.5. The summed E-state index contributed by atoms with van der Waals surface area (Å²) in [6.45, 7) is 4.94. The van der Waals surface area contributed by atoms with Crippen molar-refractivity contribution in [3.8, 4) is 11.1 Å². The average Bonchev–Trinajstić information content (AvgIpc) is 3.67. The molecule has 0 aliphatic carbocycles. The Morgan fingerprint density at radius 1 is 0.925 bits per heavy atom. The Morgan fingerprint density at radius 2 is 1.58 bits per heavy atom. The van der Waals surface area contributed by atoms with Crippen molar-refractivity contribution in [1.29, 1.82) is 0 Å². The van der Waals surface area contributed by atoms with Gasteiger partial charge in [-0.05, 0) is 60.2 Å². The molecular weight excluding hydrogens is 683 g/mol. The van der Waals surface area contributed by atoms with E-state index in [4.69, 9.17) is 9.47 Å². The van der Waals surface area contributed by atoms with Gasteiger partial charge in [-0.2, -0.15) is 13.2 Å². The van der Waals surface area contributed by atoms with Gasteiger partial charge in [0.05, 0.1) is 18.8 Å². The number of aliphatic hydroxyl groups excluding tert-OH is 1. The van der Waals surface area contributed by atoms with E-state index in [-0.39, 0.29) is 50.3 Å². The highest BCUT2D eigenvalue weighted by molar-refractivity contribution is 5.90. The molecule has 0 unspecified atom stereocenters. The molecule has 2 heterocycles. The van der Waals surface area contributed by atoms with E-state index in [1.807, 2.05) is 91.0 Å². The maximum Gasteiger partial charge on any atom is 0.471 e. The van der Waals surface area contributed by atoms with Gasteiger partial charge in [0, 0.05) is 37.2 Å². The van der Waals surface area contributed by atoms with Crippen molar-refractivity contribution in [1.82, 2.24) is 15.1 Å². The van der Waals surface area contributed by atoms with Crippen LogP contribution in [0.3, 0.4) is 0 Å². The third kappa shape index (κ3) is 8.81. The Labute approximate surface area is 308 Å². The number of nitrogens with one attached hydrogen (secondary N) is 1. The van der Waals surface area contributed by atoms with Gasteiger partial charge in [-0.15, -0.1) is 0 Å². The van der Waals surface area contributed by atoms with E-state index < -0.39 is 30.3 Å². The third-order valence-electron chi connectivity index (χ3n) is 10.6. The molecule has 2 fully saturated rings. The van der Waals surface area contributed by atoms with E-state index in [9.17, 15) is 27.9 Å². The highest BCUT2D eigenvalue weighted by atomic mass is 19.4. The zero-order chi connectivity index (χ0) is 37.7. The maximum absolute atomic E-state index is 13.1. The molecule has 0 saturated carbocycles. The first-order chi connectivity index (χ1) is 25.4. The predicted molar refractivity (Wildman–Crippen MR) is 195 cm³/mol. The molecule has 2 saturated heterocycles. The normalized spacial score (nSPS) is 22.5. The van der Waals surface area contributed by atoms with E-state index in [2.05, 4.69) is 43.2 Å². The van der Waals surface area contributed by atoms with Gasteiger partial charge in [0.25, 0.3) is 0 Å². The number of likely N-dealkylation sites (N-methyl/N-ethyl adjacent to an activating group) is 1. The lowest BCUT2D eigenvalue weighted by molar-refractivity contribution is -0.276. The molecule has 53 heavy (non-hydrogen) atoms. The second kappa shape index (κ2) is 16.6. The van der Waals surface area contributed by atoms with Crippen LogP contribution in [0.1, 0.15) is 72.9 Å². The molecule has 2 aliphatic heterocycles. The van der Waals surface area contributed by atoms with Crippen LogP contribution in [0.2, 0.25) is 0 Å². The number of ether oxygens (including phenoxy) is 2. The Morgan fingerprint density at radius 3 is 2.26 bits per heavy atom. The molecule has 0 spiro atoms. The van der Waals surface area contributed by atoms with Gasteiger partial charge in [0.1, 0.15) is 6.04 Å². The largest absolute Gasteiger partial charge is 0.471 e. The summed E-state index contributed by atoms with van der Waals surface area (Å²) in [5, 5.41) is 12.4. The van der Waals surface area contributed by atoms with E-state index in [1.54, 1.807) is 0 Å². The Hall–Kier alpha value is -4.55. The number of carbonyl (C=O) groups is 2. The van der Waals surface area contributed by atoms with Crippen molar-refractivity contribution < 1.29 is 37.3 Å². The minimum atomic E-state index is -5.03. The van der Waals surface area contributed by atoms with Crippen LogP contribution in [-0.2, 0) is 32.2 Å². The lowest BCUT2D eigenvalue weighted by atomic mass is 9.89. The standard InChI is InChI=1S/C42H46F3N3O5/c1-27-37(25-47(3)28(2)30-10-5-4-6-11-30)52-40(53-38(27)32-17-15-29(26-49)16-18-32)33-21-19-31(20-22-33)35-13-8-7-12-34(35)24-46-39(50)36-14-9-23-48(36)41(51)42(43,44)45/h4-8,10-13,15-22,27-28,36-38,40,49H,9,14,23-26H2,1-3H3,(H,46,50)/t27-,28+,36+,37+,38+,40+/m1/s1. The molecule has 280 valence electrons. The third-order valence-corrected chi connectivity index (χ3v) is 10.6. The summed E-state index contributed by atoms with van der Waals surface area (Å²) in [4.78, 5) is 27.8. The summed E-state index contributed by atoms with van der Waals surface area (Å²) >= 11 is 0. The Balaban J connectivity index is 1.19. The number of likely N-dealkylation sites (tertiary alicyclic amines) is 1. The number of halogens is 3. The first kappa shape index (κ1) is 38.2. The van der Waals surface area contributed by atoms with Crippen LogP contribution in [-0.4, -0.2) is 65.2 Å². The van der Waals surface area contributed by atoms with Gasteiger partial charge in [0.2, 0.25) is 5.91 Å². The molecule has 6 rings (SSSR count). The number of alkyl halides is 3.